The molecule has 0 saturated carbocycles. The molecule has 0 atom stereocenters. The highest BCUT2D eigenvalue weighted by molar-refractivity contribution is 7.85. The monoisotopic (exact) mass is 217 g/mol. The van der Waals surface area contributed by atoms with Gasteiger partial charge in [-0.3, -0.25) is 4.21 Å². The van der Waals surface area contributed by atoms with Gasteiger partial charge in [0.1, 0.15) is 5.51 Å². The minimum Gasteiger partial charge on any atom is -0.357 e. The van der Waals surface area contributed by atoms with Crippen molar-refractivity contribution in [3.8, 4) is 0 Å². The van der Waals surface area contributed by atoms with Crippen LogP contribution in [0.3, 0.4) is 0 Å². The van der Waals surface area contributed by atoms with Crippen molar-refractivity contribution in [3.63, 3.8) is 0 Å². The Labute approximate surface area is 83.2 Å². The van der Waals surface area contributed by atoms with Gasteiger partial charge in [0, 0.05) is 28.3 Å². The summed E-state index contributed by atoms with van der Waals surface area (Å²) in [5.41, 5.74) is 1.71. The molecule has 0 radical (unpaired) electrons. The van der Waals surface area contributed by atoms with Crippen LogP contribution in [0.2, 0.25) is 0 Å². The summed E-state index contributed by atoms with van der Waals surface area (Å²) < 4.78 is 11.1. The van der Waals surface area contributed by atoms with Gasteiger partial charge < -0.3 is 5.32 Å². The van der Waals surface area contributed by atoms with Crippen LogP contribution in [-0.2, 0) is 10.8 Å². The van der Waals surface area contributed by atoms with Gasteiger partial charge in [0.15, 0.2) is 0 Å². The molecule has 0 aromatic carbocycles. The fourth-order valence-electron chi connectivity index (χ4n) is 1.35. The van der Waals surface area contributed by atoms with Gasteiger partial charge in [0.25, 0.3) is 0 Å². The molecule has 6 heteroatoms. The molecular formula is C7H11N3OS2. The highest BCUT2D eigenvalue weighted by Gasteiger charge is 2.17. The van der Waals surface area contributed by atoms with Crippen LogP contribution in [0.4, 0.5) is 5.13 Å². The fraction of sp³-hybridized carbons (Fsp3) is 0.714. The lowest BCUT2D eigenvalue weighted by molar-refractivity contribution is 0.623. The van der Waals surface area contributed by atoms with E-state index < -0.39 is 10.8 Å². The van der Waals surface area contributed by atoms with Crippen LogP contribution in [0.5, 0.6) is 0 Å². The maximum absolute atomic E-state index is 11.1. The number of nitrogens with one attached hydrogen (secondary N) is 1. The van der Waals surface area contributed by atoms with E-state index in [1.807, 2.05) is 0 Å². The molecule has 1 aromatic rings. The molecule has 1 N–H and O–H groups in total. The van der Waals surface area contributed by atoms with Crippen LogP contribution in [0.15, 0.2) is 5.51 Å². The van der Waals surface area contributed by atoms with Crippen molar-refractivity contribution in [3.05, 3.63) is 5.51 Å². The van der Waals surface area contributed by atoms with E-state index in [9.17, 15) is 4.21 Å². The van der Waals surface area contributed by atoms with Gasteiger partial charge >= 0.3 is 0 Å². The lowest BCUT2D eigenvalue weighted by Crippen LogP contribution is -2.29. The molecule has 0 unspecified atom stereocenters. The molecular weight excluding hydrogens is 206 g/mol. The lowest BCUT2D eigenvalue weighted by Gasteiger charge is -2.21. The first-order valence-electron chi connectivity index (χ1n) is 4.22. The van der Waals surface area contributed by atoms with Gasteiger partial charge in [0.05, 0.1) is 0 Å². The predicted molar refractivity (Wildman–Crippen MR) is 54.4 cm³/mol. The first kappa shape index (κ1) is 9.08. The maximum atomic E-state index is 11.1. The van der Waals surface area contributed by atoms with Gasteiger partial charge in [-0.15, -0.1) is 10.2 Å². The molecule has 2 heterocycles. The summed E-state index contributed by atoms with van der Waals surface area (Å²) in [6, 6.07) is 0.436. The van der Waals surface area contributed by atoms with Crippen molar-refractivity contribution < 1.29 is 4.21 Å². The summed E-state index contributed by atoms with van der Waals surface area (Å²) in [5, 5.41) is 11.8. The first-order chi connectivity index (χ1) is 6.34. The van der Waals surface area contributed by atoms with E-state index in [1.54, 1.807) is 5.51 Å². The van der Waals surface area contributed by atoms with Gasteiger partial charge in [-0.2, -0.15) is 0 Å². The van der Waals surface area contributed by atoms with Crippen molar-refractivity contribution in [2.24, 2.45) is 0 Å². The Bertz CT molecular complexity index is 278. The Morgan fingerprint density at radius 3 is 2.92 bits per heavy atom. The quantitative estimate of drug-likeness (QED) is 0.798. The third-order valence-electron chi connectivity index (χ3n) is 2.08. The molecule has 1 saturated heterocycles. The molecule has 13 heavy (non-hydrogen) atoms. The van der Waals surface area contributed by atoms with E-state index in [0.717, 1.165) is 29.5 Å². The van der Waals surface area contributed by atoms with Crippen LogP contribution in [0, 0.1) is 0 Å². The van der Waals surface area contributed by atoms with Gasteiger partial charge in [-0.1, -0.05) is 11.3 Å². The molecule has 0 spiro atoms. The van der Waals surface area contributed by atoms with Crippen molar-refractivity contribution in [1.29, 1.82) is 0 Å². The number of hydrogen-bond donors (Lipinski definition) is 1. The molecule has 0 amide bonds. The van der Waals surface area contributed by atoms with E-state index >= 15 is 0 Å². The summed E-state index contributed by atoms with van der Waals surface area (Å²) in [4.78, 5) is 0. The smallest absolute Gasteiger partial charge is 0.205 e. The molecule has 1 aliphatic rings. The third-order valence-corrected chi connectivity index (χ3v) is 4.08. The highest BCUT2D eigenvalue weighted by atomic mass is 32.2. The molecule has 1 fully saturated rings. The van der Waals surface area contributed by atoms with Gasteiger partial charge in [0.2, 0.25) is 5.13 Å². The number of aromatic nitrogens is 2. The van der Waals surface area contributed by atoms with E-state index in [0.29, 0.717) is 6.04 Å². The minimum atomic E-state index is -0.582. The molecule has 2 rings (SSSR count). The van der Waals surface area contributed by atoms with E-state index in [2.05, 4.69) is 15.5 Å². The van der Waals surface area contributed by atoms with Gasteiger partial charge in [-0.25, -0.2) is 0 Å². The summed E-state index contributed by atoms with van der Waals surface area (Å²) >= 11 is 1.51. The Morgan fingerprint density at radius 2 is 2.31 bits per heavy atom. The highest BCUT2D eigenvalue weighted by Crippen LogP contribution is 2.16. The van der Waals surface area contributed by atoms with Crippen LogP contribution in [0.1, 0.15) is 12.8 Å². The lowest BCUT2D eigenvalue weighted by atomic mass is 10.2. The van der Waals surface area contributed by atoms with Crippen molar-refractivity contribution in [2.75, 3.05) is 16.8 Å². The molecule has 1 aromatic heterocycles. The Balaban J connectivity index is 1.86. The number of rotatable bonds is 2. The molecule has 0 aliphatic carbocycles. The second kappa shape index (κ2) is 4.15. The Kier molecular flexibility index (Phi) is 2.90. The predicted octanol–water partition coefficient (Wildman–Crippen LogP) is 0.861. The van der Waals surface area contributed by atoms with Crippen LogP contribution in [0.25, 0.3) is 0 Å². The van der Waals surface area contributed by atoms with Crippen LogP contribution < -0.4 is 5.32 Å². The first-order valence-corrected chi connectivity index (χ1v) is 6.59. The summed E-state index contributed by atoms with van der Waals surface area (Å²) in [6.45, 7) is 0. The Hall–Kier alpha value is -0.490. The van der Waals surface area contributed by atoms with Gasteiger partial charge in [-0.05, 0) is 12.8 Å². The third kappa shape index (κ3) is 2.47. The summed E-state index contributed by atoms with van der Waals surface area (Å²) in [5.74, 6) is 1.63. The average Bonchev–Trinajstić information content (AvgIpc) is 2.62. The van der Waals surface area contributed by atoms with Crippen molar-refractivity contribution in [2.45, 2.75) is 18.9 Å². The molecule has 4 nitrogen and oxygen atoms in total. The van der Waals surface area contributed by atoms with E-state index in [1.165, 1.54) is 11.3 Å². The second-order valence-electron chi connectivity index (χ2n) is 3.01. The number of nitrogens with zero attached hydrogens (tertiary/aromatic N) is 2. The fourth-order valence-corrected chi connectivity index (χ4v) is 3.17. The molecule has 72 valence electrons. The largest absolute Gasteiger partial charge is 0.357 e. The molecule has 0 bridgehead atoms. The Morgan fingerprint density at radius 1 is 1.54 bits per heavy atom. The maximum Gasteiger partial charge on any atom is 0.205 e. The summed E-state index contributed by atoms with van der Waals surface area (Å²) in [7, 11) is -0.582. The van der Waals surface area contributed by atoms with Crippen molar-refractivity contribution >= 4 is 27.3 Å². The second-order valence-corrected chi connectivity index (χ2v) is 5.54. The number of hydrogen-bond acceptors (Lipinski definition) is 5. The topological polar surface area (TPSA) is 54.9 Å². The SMILES string of the molecule is O=S1CCC(Nc2nncs2)CC1. The number of anilines is 1. The van der Waals surface area contributed by atoms with E-state index in [4.69, 9.17) is 0 Å². The van der Waals surface area contributed by atoms with Crippen LogP contribution in [-0.4, -0.2) is 32.0 Å². The normalized spacial score (nSPS) is 28.6. The van der Waals surface area contributed by atoms with Crippen molar-refractivity contribution in [1.82, 2.24) is 10.2 Å². The zero-order valence-electron chi connectivity index (χ0n) is 7.10. The minimum absolute atomic E-state index is 0.436. The molecule has 1 aliphatic heterocycles. The van der Waals surface area contributed by atoms with E-state index in [-0.39, 0.29) is 0 Å². The average molecular weight is 217 g/mol. The zero-order chi connectivity index (χ0) is 9.10. The summed E-state index contributed by atoms with van der Waals surface area (Å²) in [6.07, 6.45) is 1.96. The standard InChI is InChI=1S/C7H11N3OS2/c11-13-3-1-6(2-4-13)9-7-10-8-5-12-7/h5-6H,1-4H2,(H,9,10). The van der Waals surface area contributed by atoms with Crippen LogP contribution >= 0.6 is 11.3 Å². The zero-order valence-corrected chi connectivity index (χ0v) is 8.74.